The van der Waals surface area contributed by atoms with Gasteiger partial charge >= 0.3 is 0 Å². The summed E-state index contributed by atoms with van der Waals surface area (Å²) < 4.78 is 7.36. The van der Waals surface area contributed by atoms with Crippen molar-refractivity contribution in [1.82, 2.24) is 9.47 Å². The summed E-state index contributed by atoms with van der Waals surface area (Å²) in [5.41, 5.74) is 5.61. The van der Waals surface area contributed by atoms with Crippen molar-refractivity contribution in [2.75, 3.05) is 38.2 Å². The first-order valence-corrected chi connectivity index (χ1v) is 12.2. The Bertz CT molecular complexity index is 1320. The summed E-state index contributed by atoms with van der Waals surface area (Å²) in [6.07, 6.45) is 0. The van der Waals surface area contributed by atoms with E-state index in [1.807, 2.05) is 72.5 Å². The molecule has 3 aromatic carbocycles. The molecule has 1 saturated heterocycles. The molecule has 5 rings (SSSR count). The molecule has 0 radical (unpaired) electrons. The van der Waals surface area contributed by atoms with Crippen molar-refractivity contribution < 1.29 is 9.53 Å². The van der Waals surface area contributed by atoms with Gasteiger partial charge in [0.15, 0.2) is 0 Å². The van der Waals surface area contributed by atoms with Gasteiger partial charge in [0.1, 0.15) is 5.75 Å². The molecule has 5 nitrogen and oxygen atoms in total. The highest BCUT2D eigenvalue weighted by Gasteiger charge is 2.27. The number of piperazine rings is 1. The first-order chi connectivity index (χ1) is 17.1. The third kappa shape index (κ3) is 4.52. The predicted molar refractivity (Wildman–Crippen MR) is 142 cm³/mol. The second-order valence-electron chi connectivity index (χ2n) is 8.66. The van der Waals surface area contributed by atoms with E-state index in [2.05, 4.69) is 33.7 Å². The van der Waals surface area contributed by atoms with Crippen LogP contribution >= 0.6 is 11.6 Å². The van der Waals surface area contributed by atoms with Crippen molar-refractivity contribution in [3.63, 3.8) is 0 Å². The number of rotatable bonds is 5. The predicted octanol–water partition coefficient (Wildman–Crippen LogP) is 6.08. The lowest BCUT2D eigenvalue weighted by atomic mass is 10.1. The number of carbonyl (C=O) groups is 1. The summed E-state index contributed by atoms with van der Waals surface area (Å²) in [6, 6.07) is 28.0. The van der Waals surface area contributed by atoms with Crippen LogP contribution in [0.3, 0.4) is 0 Å². The zero-order valence-corrected chi connectivity index (χ0v) is 20.7. The van der Waals surface area contributed by atoms with E-state index in [1.54, 1.807) is 7.11 Å². The van der Waals surface area contributed by atoms with Gasteiger partial charge in [-0.1, -0.05) is 54.1 Å². The Morgan fingerprint density at radius 1 is 0.857 bits per heavy atom. The number of ether oxygens (including phenoxy) is 1. The smallest absolute Gasteiger partial charge is 0.255 e. The Balaban J connectivity index is 1.43. The summed E-state index contributed by atoms with van der Waals surface area (Å²) in [4.78, 5) is 18.0. The van der Waals surface area contributed by atoms with E-state index in [9.17, 15) is 4.79 Å². The molecule has 0 unspecified atom stereocenters. The van der Waals surface area contributed by atoms with E-state index in [-0.39, 0.29) is 5.91 Å². The van der Waals surface area contributed by atoms with Crippen LogP contribution in [0.1, 0.15) is 16.1 Å². The summed E-state index contributed by atoms with van der Waals surface area (Å²) in [6.45, 7) is 4.91. The number of anilines is 1. The average molecular weight is 486 g/mol. The molecule has 1 aliphatic rings. The molecule has 0 aliphatic carbocycles. The lowest BCUT2D eigenvalue weighted by Gasteiger charge is -2.36. The number of para-hydroxylation sites is 1. The van der Waals surface area contributed by atoms with Gasteiger partial charge in [0.05, 0.1) is 29.1 Å². The SMILES string of the molecule is COc1ccc(N2CCN(C(=O)c3cc(-c4ccccc4)n(-c4ccccc4Cl)c3C)CC2)cc1. The molecule has 1 aromatic heterocycles. The topological polar surface area (TPSA) is 37.7 Å². The van der Waals surface area contributed by atoms with Gasteiger partial charge in [-0.3, -0.25) is 4.79 Å². The number of aromatic nitrogens is 1. The van der Waals surface area contributed by atoms with E-state index >= 15 is 0 Å². The molecule has 0 N–H and O–H groups in total. The Morgan fingerprint density at radius 2 is 1.51 bits per heavy atom. The number of hydrogen-bond donors (Lipinski definition) is 0. The standard InChI is InChI=1S/C29H28ClN3O2/c1-21-25(29(34)32-18-16-31(17-19-32)23-12-14-24(35-2)15-13-23)20-28(22-8-4-3-5-9-22)33(21)27-11-7-6-10-26(27)30/h3-15,20H,16-19H2,1-2H3. The van der Waals surface area contributed by atoms with Crippen LogP contribution in [-0.2, 0) is 0 Å². The molecule has 35 heavy (non-hydrogen) atoms. The lowest BCUT2D eigenvalue weighted by molar-refractivity contribution is 0.0746. The van der Waals surface area contributed by atoms with E-state index in [4.69, 9.17) is 16.3 Å². The van der Waals surface area contributed by atoms with E-state index in [0.717, 1.165) is 47.2 Å². The molecule has 4 aromatic rings. The number of methoxy groups -OCH3 is 1. The Hall–Kier alpha value is -3.70. The molecule has 1 fully saturated rings. The van der Waals surface area contributed by atoms with Crippen LogP contribution in [0.5, 0.6) is 5.75 Å². The molecular weight excluding hydrogens is 458 g/mol. The Labute approximate surface area is 211 Å². The first-order valence-electron chi connectivity index (χ1n) is 11.8. The number of nitrogens with zero attached hydrogens (tertiary/aromatic N) is 3. The molecule has 6 heteroatoms. The normalized spacial score (nSPS) is 13.7. The monoisotopic (exact) mass is 485 g/mol. The maximum absolute atomic E-state index is 13.7. The van der Waals surface area contributed by atoms with Gasteiger partial charge in [-0.25, -0.2) is 0 Å². The molecule has 0 spiro atoms. The second kappa shape index (κ2) is 9.88. The minimum absolute atomic E-state index is 0.0554. The van der Waals surface area contributed by atoms with Gasteiger partial charge in [0.25, 0.3) is 5.91 Å². The van der Waals surface area contributed by atoms with Gasteiger partial charge in [-0.15, -0.1) is 0 Å². The van der Waals surface area contributed by atoms with Crippen molar-refractivity contribution >= 4 is 23.2 Å². The molecule has 0 atom stereocenters. The molecular formula is C29H28ClN3O2. The summed E-state index contributed by atoms with van der Waals surface area (Å²) >= 11 is 6.59. The van der Waals surface area contributed by atoms with Gasteiger partial charge in [0.2, 0.25) is 0 Å². The molecule has 0 saturated carbocycles. The lowest BCUT2D eigenvalue weighted by Crippen LogP contribution is -2.48. The van der Waals surface area contributed by atoms with Crippen LogP contribution in [-0.4, -0.2) is 48.7 Å². The third-order valence-electron chi connectivity index (χ3n) is 6.64. The van der Waals surface area contributed by atoms with Gasteiger partial charge in [0, 0.05) is 37.6 Å². The van der Waals surface area contributed by atoms with Crippen molar-refractivity contribution in [3.05, 3.63) is 101 Å². The van der Waals surface area contributed by atoms with Crippen molar-refractivity contribution in [2.24, 2.45) is 0 Å². The highest BCUT2D eigenvalue weighted by atomic mass is 35.5. The van der Waals surface area contributed by atoms with Crippen LogP contribution in [0.4, 0.5) is 5.69 Å². The van der Waals surface area contributed by atoms with E-state index < -0.39 is 0 Å². The molecule has 1 amide bonds. The molecule has 178 valence electrons. The van der Waals surface area contributed by atoms with Gasteiger partial charge in [-0.05, 0) is 55.0 Å². The number of benzene rings is 3. The fourth-order valence-corrected chi connectivity index (χ4v) is 4.94. The van der Waals surface area contributed by atoms with Crippen LogP contribution in [0, 0.1) is 6.92 Å². The summed E-state index contributed by atoms with van der Waals surface area (Å²) in [5, 5.41) is 0.649. The van der Waals surface area contributed by atoms with Crippen molar-refractivity contribution in [3.8, 4) is 22.7 Å². The third-order valence-corrected chi connectivity index (χ3v) is 6.96. The number of carbonyl (C=O) groups excluding carboxylic acids is 1. The second-order valence-corrected chi connectivity index (χ2v) is 9.07. The maximum Gasteiger partial charge on any atom is 0.255 e. The molecule has 2 heterocycles. The highest BCUT2D eigenvalue weighted by molar-refractivity contribution is 6.32. The number of halogens is 1. The van der Waals surface area contributed by atoms with Crippen LogP contribution in [0.2, 0.25) is 5.02 Å². The Kier molecular flexibility index (Phi) is 6.51. The van der Waals surface area contributed by atoms with E-state index in [1.165, 1.54) is 0 Å². The van der Waals surface area contributed by atoms with Crippen molar-refractivity contribution in [2.45, 2.75) is 6.92 Å². The maximum atomic E-state index is 13.7. The van der Waals surface area contributed by atoms with Crippen LogP contribution < -0.4 is 9.64 Å². The molecule has 1 aliphatic heterocycles. The zero-order chi connectivity index (χ0) is 24.4. The minimum Gasteiger partial charge on any atom is -0.497 e. The fourth-order valence-electron chi connectivity index (χ4n) is 4.72. The van der Waals surface area contributed by atoms with Gasteiger partial charge in [-0.2, -0.15) is 0 Å². The summed E-state index contributed by atoms with van der Waals surface area (Å²) in [5.74, 6) is 0.898. The van der Waals surface area contributed by atoms with Crippen LogP contribution in [0.15, 0.2) is 84.9 Å². The first kappa shape index (κ1) is 23.1. The quantitative estimate of drug-likeness (QED) is 0.344. The number of hydrogen-bond acceptors (Lipinski definition) is 3. The highest BCUT2D eigenvalue weighted by Crippen LogP contribution is 2.33. The largest absolute Gasteiger partial charge is 0.497 e. The number of amides is 1. The van der Waals surface area contributed by atoms with E-state index in [0.29, 0.717) is 23.7 Å². The summed E-state index contributed by atoms with van der Waals surface area (Å²) in [7, 11) is 1.67. The minimum atomic E-state index is 0.0554. The molecule has 0 bridgehead atoms. The van der Waals surface area contributed by atoms with Gasteiger partial charge < -0.3 is 19.1 Å². The Morgan fingerprint density at radius 3 is 2.17 bits per heavy atom. The fraction of sp³-hybridized carbons (Fsp3) is 0.207. The average Bonchev–Trinajstić information content (AvgIpc) is 3.26. The zero-order valence-electron chi connectivity index (χ0n) is 19.9. The van der Waals surface area contributed by atoms with Crippen LogP contribution in [0.25, 0.3) is 16.9 Å². The van der Waals surface area contributed by atoms with Crippen molar-refractivity contribution in [1.29, 1.82) is 0 Å².